The van der Waals surface area contributed by atoms with Crippen molar-refractivity contribution in [2.45, 2.75) is 18.0 Å². The van der Waals surface area contributed by atoms with Crippen LogP contribution in [0.5, 0.6) is 5.75 Å². The monoisotopic (exact) mass is 373 g/mol. The number of carbonyl (C=O) groups is 1. The van der Waals surface area contributed by atoms with E-state index in [9.17, 15) is 4.79 Å². The van der Waals surface area contributed by atoms with Crippen LogP contribution in [0.3, 0.4) is 0 Å². The van der Waals surface area contributed by atoms with Gasteiger partial charge in [-0.05, 0) is 47.8 Å². The Hall–Kier alpha value is -2.18. The molecule has 0 radical (unpaired) electrons. The van der Waals surface area contributed by atoms with E-state index >= 15 is 0 Å². The Balaban J connectivity index is 1.62. The zero-order chi connectivity index (χ0) is 17.5. The summed E-state index contributed by atoms with van der Waals surface area (Å²) in [4.78, 5) is 16.8. The van der Waals surface area contributed by atoms with Gasteiger partial charge in [-0.3, -0.25) is 4.79 Å². The second kappa shape index (κ2) is 8.78. The molecule has 0 bridgehead atoms. The average molecular weight is 373 g/mol. The van der Waals surface area contributed by atoms with E-state index in [4.69, 9.17) is 9.15 Å². The van der Waals surface area contributed by atoms with Crippen molar-refractivity contribution < 1.29 is 13.9 Å². The molecular formula is C19H19NO3S2. The Labute approximate surface area is 155 Å². The maximum atomic E-state index is 12.7. The third kappa shape index (κ3) is 5.14. The van der Waals surface area contributed by atoms with Crippen LogP contribution in [0.2, 0.25) is 0 Å². The molecule has 0 atom stereocenters. The first kappa shape index (κ1) is 17.6. The topological polar surface area (TPSA) is 42.7 Å². The van der Waals surface area contributed by atoms with Gasteiger partial charge in [-0.1, -0.05) is 6.07 Å². The zero-order valence-corrected chi connectivity index (χ0v) is 15.5. The molecule has 4 nitrogen and oxygen atoms in total. The summed E-state index contributed by atoms with van der Waals surface area (Å²) in [6.07, 6.45) is 1.63. The first-order chi connectivity index (χ1) is 12.2. The molecule has 0 aliphatic rings. The molecule has 0 aliphatic heterocycles. The maximum Gasteiger partial charge on any atom is 0.233 e. The van der Waals surface area contributed by atoms with Gasteiger partial charge in [0.15, 0.2) is 0 Å². The summed E-state index contributed by atoms with van der Waals surface area (Å²) in [5, 5.41) is 2.02. The van der Waals surface area contributed by atoms with E-state index in [-0.39, 0.29) is 5.91 Å². The van der Waals surface area contributed by atoms with Crippen LogP contribution in [0.4, 0.5) is 0 Å². The fraction of sp³-hybridized carbons (Fsp3) is 0.211. The molecule has 0 aliphatic carbocycles. The largest absolute Gasteiger partial charge is 0.497 e. The highest BCUT2D eigenvalue weighted by Crippen LogP contribution is 2.23. The second-order valence-electron chi connectivity index (χ2n) is 5.37. The van der Waals surface area contributed by atoms with Crippen LogP contribution in [0.25, 0.3) is 0 Å². The summed E-state index contributed by atoms with van der Waals surface area (Å²) < 4.78 is 10.6. The predicted molar refractivity (Wildman–Crippen MR) is 101 cm³/mol. The molecule has 25 heavy (non-hydrogen) atoms. The van der Waals surface area contributed by atoms with Gasteiger partial charge in [0.25, 0.3) is 0 Å². The summed E-state index contributed by atoms with van der Waals surface area (Å²) in [5.74, 6) is 2.08. The van der Waals surface area contributed by atoms with Crippen LogP contribution in [0.15, 0.2) is 69.5 Å². The highest BCUT2D eigenvalue weighted by atomic mass is 32.2. The van der Waals surface area contributed by atoms with Gasteiger partial charge in [-0.15, -0.1) is 23.1 Å². The summed E-state index contributed by atoms with van der Waals surface area (Å²) in [5.41, 5.74) is 0. The number of furan rings is 1. The van der Waals surface area contributed by atoms with Gasteiger partial charge in [0.05, 0.1) is 32.2 Å². The first-order valence-corrected chi connectivity index (χ1v) is 9.70. The lowest BCUT2D eigenvalue weighted by Gasteiger charge is -2.21. The number of benzene rings is 1. The third-order valence-corrected chi connectivity index (χ3v) is 5.49. The number of methoxy groups -OCH3 is 1. The predicted octanol–water partition coefficient (Wildman–Crippen LogP) is 4.67. The van der Waals surface area contributed by atoms with E-state index in [1.807, 2.05) is 58.8 Å². The summed E-state index contributed by atoms with van der Waals surface area (Å²) in [6.45, 7) is 1.08. The van der Waals surface area contributed by atoms with E-state index in [0.29, 0.717) is 18.8 Å². The van der Waals surface area contributed by atoms with Crippen LogP contribution in [0, 0.1) is 0 Å². The van der Waals surface area contributed by atoms with Gasteiger partial charge < -0.3 is 14.1 Å². The molecule has 3 aromatic rings. The van der Waals surface area contributed by atoms with E-state index in [1.54, 1.807) is 24.7 Å². The fourth-order valence-electron chi connectivity index (χ4n) is 2.32. The molecule has 3 rings (SSSR count). The molecule has 130 valence electrons. The van der Waals surface area contributed by atoms with Crippen molar-refractivity contribution in [3.8, 4) is 5.75 Å². The Morgan fingerprint density at radius 2 is 2.00 bits per heavy atom. The third-order valence-electron chi connectivity index (χ3n) is 3.63. The molecule has 0 N–H and O–H groups in total. The molecule has 6 heteroatoms. The Bertz CT molecular complexity index is 731. The lowest BCUT2D eigenvalue weighted by atomic mass is 10.3. The number of carbonyl (C=O) groups excluding carboxylic acids is 1. The van der Waals surface area contributed by atoms with E-state index in [1.165, 1.54) is 11.8 Å². The minimum atomic E-state index is 0.0885. The standard InChI is InChI=1S/C19H19NO3S2/c1-22-15-6-8-17(9-7-15)25-14-19(21)20(12-16-4-2-10-23-16)13-18-5-3-11-24-18/h2-11H,12-14H2,1H3. The quantitative estimate of drug-likeness (QED) is 0.538. The zero-order valence-electron chi connectivity index (χ0n) is 13.9. The number of hydrogen-bond donors (Lipinski definition) is 0. The number of ether oxygens (including phenoxy) is 1. The van der Waals surface area contributed by atoms with Gasteiger partial charge >= 0.3 is 0 Å². The van der Waals surface area contributed by atoms with Gasteiger partial charge in [0.1, 0.15) is 11.5 Å². The smallest absolute Gasteiger partial charge is 0.233 e. The Kier molecular flexibility index (Phi) is 6.19. The molecule has 1 aromatic carbocycles. The van der Waals surface area contributed by atoms with Crippen LogP contribution in [-0.4, -0.2) is 23.7 Å². The van der Waals surface area contributed by atoms with Crippen molar-refractivity contribution in [3.05, 3.63) is 70.8 Å². The molecule has 2 heterocycles. The van der Waals surface area contributed by atoms with Crippen molar-refractivity contribution in [2.75, 3.05) is 12.9 Å². The van der Waals surface area contributed by atoms with Crippen LogP contribution in [0.1, 0.15) is 10.6 Å². The second-order valence-corrected chi connectivity index (χ2v) is 7.45. The lowest BCUT2D eigenvalue weighted by Crippen LogP contribution is -2.31. The van der Waals surface area contributed by atoms with Gasteiger partial charge in [0, 0.05) is 9.77 Å². The summed E-state index contributed by atoms with van der Waals surface area (Å²) in [7, 11) is 1.64. The van der Waals surface area contributed by atoms with Crippen LogP contribution < -0.4 is 4.74 Å². The normalized spacial score (nSPS) is 10.6. The number of nitrogens with zero attached hydrogens (tertiary/aromatic N) is 1. The molecule has 0 saturated heterocycles. The number of thioether (sulfide) groups is 1. The Morgan fingerprint density at radius 3 is 2.64 bits per heavy atom. The average Bonchev–Trinajstić information content (AvgIpc) is 3.33. The fourth-order valence-corrected chi connectivity index (χ4v) is 3.84. The number of hydrogen-bond acceptors (Lipinski definition) is 5. The molecule has 0 unspecified atom stereocenters. The van der Waals surface area contributed by atoms with Gasteiger partial charge in [-0.25, -0.2) is 0 Å². The van der Waals surface area contributed by atoms with E-state index in [2.05, 4.69) is 0 Å². The molecule has 2 aromatic heterocycles. The molecule has 0 fully saturated rings. The van der Waals surface area contributed by atoms with Crippen molar-refractivity contribution in [3.63, 3.8) is 0 Å². The van der Waals surface area contributed by atoms with Gasteiger partial charge in [-0.2, -0.15) is 0 Å². The number of amides is 1. The van der Waals surface area contributed by atoms with Crippen LogP contribution >= 0.6 is 23.1 Å². The minimum Gasteiger partial charge on any atom is -0.497 e. The highest BCUT2D eigenvalue weighted by Gasteiger charge is 2.16. The number of thiophene rings is 1. The minimum absolute atomic E-state index is 0.0885. The summed E-state index contributed by atoms with van der Waals surface area (Å²) in [6, 6.07) is 15.5. The molecule has 0 saturated carbocycles. The summed E-state index contributed by atoms with van der Waals surface area (Å²) >= 11 is 3.18. The van der Waals surface area contributed by atoms with E-state index < -0.39 is 0 Å². The van der Waals surface area contributed by atoms with Crippen molar-refractivity contribution in [1.29, 1.82) is 0 Å². The highest BCUT2D eigenvalue weighted by molar-refractivity contribution is 8.00. The van der Waals surface area contributed by atoms with Crippen molar-refractivity contribution >= 4 is 29.0 Å². The molecular weight excluding hydrogens is 354 g/mol. The molecule has 0 spiro atoms. The van der Waals surface area contributed by atoms with Gasteiger partial charge in [0.2, 0.25) is 5.91 Å². The maximum absolute atomic E-state index is 12.7. The first-order valence-electron chi connectivity index (χ1n) is 7.84. The van der Waals surface area contributed by atoms with Crippen molar-refractivity contribution in [2.24, 2.45) is 0 Å². The SMILES string of the molecule is COc1ccc(SCC(=O)N(Cc2ccco2)Cc2cccs2)cc1. The van der Waals surface area contributed by atoms with Crippen molar-refractivity contribution in [1.82, 2.24) is 4.90 Å². The lowest BCUT2D eigenvalue weighted by molar-refractivity contribution is -0.129. The molecule has 1 amide bonds. The number of rotatable bonds is 8. The van der Waals surface area contributed by atoms with E-state index in [0.717, 1.165) is 21.3 Å². The Morgan fingerprint density at radius 1 is 1.16 bits per heavy atom. The van der Waals surface area contributed by atoms with Crippen LogP contribution in [-0.2, 0) is 17.9 Å².